The molecule has 1 aromatic carbocycles. The number of aromatic amines is 1. The van der Waals surface area contributed by atoms with Crippen molar-refractivity contribution in [1.29, 1.82) is 5.26 Å². The molecule has 0 saturated carbocycles. The van der Waals surface area contributed by atoms with Gasteiger partial charge in [0, 0.05) is 11.9 Å². The van der Waals surface area contributed by atoms with Crippen molar-refractivity contribution in [1.82, 2.24) is 9.55 Å². The van der Waals surface area contributed by atoms with Gasteiger partial charge in [0.15, 0.2) is 11.3 Å². The van der Waals surface area contributed by atoms with Gasteiger partial charge in [-0.15, -0.1) is 0 Å². The minimum absolute atomic E-state index is 0.304. The van der Waals surface area contributed by atoms with Crippen molar-refractivity contribution in [2.75, 3.05) is 0 Å². The molecule has 0 unspecified atom stereocenters. The second-order valence-corrected chi connectivity index (χ2v) is 7.92. The fraction of sp³-hybridized carbons (Fsp3) is 0.300. The predicted octanol–water partition coefficient (Wildman–Crippen LogP) is 2.20. The van der Waals surface area contributed by atoms with E-state index in [2.05, 4.69) is 4.98 Å². The molecule has 0 atom stereocenters. The topological polar surface area (TPSA) is 100 Å². The Morgan fingerprint density at radius 3 is 2.29 bits per heavy atom. The van der Waals surface area contributed by atoms with Gasteiger partial charge in [-0.2, -0.15) is 5.26 Å². The first kappa shape index (κ1) is 18.4. The maximum Gasteiger partial charge on any atom is 0.494 e. The Morgan fingerprint density at radius 2 is 1.71 bits per heavy atom. The molecule has 28 heavy (non-hydrogen) atoms. The Hall–Kier alpha value is -3.02. The molecule has 3 heterocycles. The summed E-state index contributed by atoms with van der Waals surface area (Å²) in [7, 11) is -0.463. The summed E-state index contributed by atoms with van der Waals surface area (Å²) in [5.74, 6) is -0.332. The van der Waals surface area contributed by atoms with E-state index in [1.165, 1.54) is 0 Å². The highest BCUT2D eigenvalue weighted by Crippen LogP contribution is 2.36. The molecule has 1 aliphatic rings. The van der Waals surface area contributed by atoms with Crippen LogP contribution in [0.3, 0.4) is 0 Å². The number of pyridine rings is 1. The van der Waals surface area contributed by atoms with E-state index in [0.717, 1.165) is 11.2 Å². The van der Waals surface area contributed by atoms with Crippen LogP contribution >= 0.6 is 0 Å². The third-order valence-electron chi connectivity index (χ3n) is 5.63. The van der Waals surface area contributed by atoms with E-state index in [9.17, 15) is 9.90 Å². The highest BCUT2D eigenvalue weighted by molar-refractivity contribution is 6.62. The van der Waals surface area contributed by atoms with Gasteiger partial charge in [-0.05, 0) is 51.4 Å². The van der Waals surface area contributed by atoms with Crippen molar-refractivity contribution in [3.05, 3.63) is 52.4 Å². The van der Waals surface area contributed by atoms with Gasteiger partial charge in [0.05, 0.1) is 16.7 Å². The van der Waals surface area contributed by atoms with Crippen molar-refractivity contribution < 1.29 is 14.4 Å². The maximum atomic E-state index is 11.9. The van der Waals surface area contributed by atoms with Crippen LogP contribution in [0.25, 0.3) is 16.7 Å². The lowest BCUT2D eigenvalue weighted by atomic mass is 9.79. The molecule has 1 aliphatic heterocycles. The molecule has 2 N–H and O–H groups in total. The van der Waals surface area contributed by atoms with Gasteiger partial charge in [-0.3, -0.25) is 4.79 Å². The van der Waals surface area contributed by atoms with Crippen molar-refractivity contribution in [3.63, 3.8) is 0 Å². The summed E-state index contributed by atoms with van der Waals surface area (Å²) in [6, 6.07) is 11.0. The zero-order valence-electron chi connectivity index (χ0n) is 16.1. The zero-order valence-corrected chi connectivity index (χ0v) is 16.1. The minimum atomic E-state index is -0.610. The molecule has 0 spiro atoms. The Balaban J connectivity index is 1.73. The Bertz CT molecular complexity index is 1150. The molecule has 8 heteroatoms. The van der Waals surface area contributed by atoms with Crippen LogP contribution in [-0.4, -0.2) is 33.0 Å². The Labute approximate surface area is 162 Å². The molecular formula is C20H20BN3O4. The number of hydrogen-bond donors (Lipinski definition) is 2. The van der Waals surface area contributed by atoms with Gasteiger partial charge in [0.2, 0.25) is 0 Å². The number of hydrogen-bond acceptors (Lipinski definition) is 5. The van der Waals surface area contributed by atoms with E-state index >= 15 is 0 Å². The van der Waals surface area contributed by atoms with Gasteiger partial charge in [0.25, 0.3) is 5.56 Å². The predicted molar refractivity (Wildman–Crippen MR) is 106 cm³/mol. The number of benzene rings is 1. The van der Waals surface area contributed by atoms with E-state index < -0.39 is 23.9 Å². The molecule has 1 fully saturated rings. The van der Waals surface area contributed by atoms with E-state index in [0.29, 0.717) is 11.0 Å². The first-order valence-electron chi connectivity index (χ1n) is 8.97. The summed E-state index contributed by atoms with van der Waals surface area (Å²) in [5, 5.41) is 19.5. The van der Waals surface area contributed by atoms with Crippen molar-refractivity contribution in [3.8, 4) is 17.5 Å². The van der Waals surface area contributed by atoms with Crippen LogP contribution < -0.4 is 11.0 Å². The van der Waals surface area contributed by atoms with Crippen molar-refractivity contribution >= 4 is 23.6 Å². The lowest BCUT2D eigenvalue weighted by Crippen LogP contribution is -2.41. The van der Waals surface area contributed by atoms with Crippen LogP contribution in [-0.2, 0) is 9.31 Å². The summed E-state index contributed by atoms with van der Waals surface area (Å²) >= 11 is 0. The number of nitrogens with one attached hydrogen (secondary N) is 1. The second-order valence-electron chi connectivity index (χ2n) is 7.92. The molecule has 0 radical (unpaired) electrons. The highest BCUT2D eigenvalue weighted by Gasteiger charge is 2.51. The van der Waals surface area contributed by atoms with Crippen LogP contribution in [0.15, 0.2) is 41.3 Å². The number of H-pyrrole nitrogens is 1. The minimum Gasteiger partial charge on any atom is -0.504 e. The summed E-state index contributed by atoms with van der Waals surface area (Å²) in [5.41, 5.74) is 0.728. The van der Waals surface area contributed by atoms with Crippen molar-refractivity contribution in [2.24, 2.45) is 0 Å². The average Bonchev–Trinajstić information content (AvgIpc) is 3.13. The lowest BCUT2D eigenvalue weighted by Gasteiger charge is -2.32. The fourth-order valence-electron chi connectivity index (χ4n) is 3.28. The average molecular weight is 377 g/mol. The summed E-state index contributed by atoms with van der Waals surface area (Å²) < 4.78 is 13.9. The summed E-state index contributed by atoms with van der Waals surface area (Å²) in [4.78, 5) is 14.5. The molecule has 142 valence electrons. The van der Waals surface area contributed by atoms with Gasteiger partial charge >= 0.3 is 7.12 Å². The first-order chi connectivity index (χ1) is 13.1. The van der Waals surface area contributed by atoms with E-state index in [4.69, 9.17) is 14.6 Å². The zero-order chi connectivity index (χ0) is 20.3. The number of nitriles is 1. The van der Waals surface area contributed by atoms with Crippen LogP contribution in [0, 0.1) is 11.3 Å². The van der Waals surface area contributed by atoms with Crippen LogP contribution in [0.5, 0.6) is 5.75 Å². The van der Waals surface area contributed by atoms with Crippen LogP contribution in [0.4, 0.5) is 0 Å². The smallest absolute Gasteiger partial charge is 0.494 e. The molecule has 0 bridgehead atoms. The van der Waals surface area contributed by atoms with E-state index in [-0.39, 0.29) is 11.3 Å². The van der Waals surface area contributed by atoms with Crippen LogP contribution in [0.1, 0.15) is 33.3 Å². The van der Waals surface area contributed by atoms with E-state index in [1.54, 1.807) is 22.9 Å². The quantitative estimate of drug-likeness (QED) is 0.667. The first-order valence-corrected chi connectivity index (χ1v) is 8.97. The Morgan fingerprint density at radius 1 is 1.11 bits per heavy atom. The largest absolute Gasteiger partial charge is 0.504 e. The van der Waals surface area contributed by atoms with Gasteiger partial charge in [0.1, 0.15) is 11.6 Å². The number of fused-ring (bicyclic) bond motifs is 1. The normalized spacial score (nSPS) is 17.8. The highest BCUT2D eigenvalue weighted by atomic mass is 16.7. The fourth-order valence-corrected chi connectivity index (χ4v) is 3.28. The number of nitrogens with zero attached hydrogens (tertiary/aromatic N) is 2. The third-order valence-corrected chi connectivity index (χ3v) is 5.63. The molecular weight excluding hydrogens is 357 g/mol. The lowest BCUT2D eigenvalue weighted by molar-refractivity contribution is 0.00578. The maximum absolute atomic E-state index is 11.9. The summed E-state index contributed by atoms with van der Waals surface area (Å²) in [6.07, 6.45) is 1.73. The number of rotatable bonds is 2. The monoisotopic (exact) mass is 377 g/mol. The van der Waals surface area contributed by atoms with Crippen LogP contribution in [0.2, 0.25) is 0 Å². The van der Waals surface area contributed by atoms with Gasteiger partial charge in [-0.25, -0.2) is 0 Å². The molecule has 0 aliphatic carbocycles. The van der Waals surface area contributed by atoms with Crippen molar-refractivity contribution in [2.45, 2.75) is 38.9 Å². The molecule has 1 saturated heterocycles. The summed E-state index contributed by atoms with van der Waals surface area (Å²) in [6.45, 7) is 8.01. The van der Waals surface area contributed by atoms with Gasteiger partial charge < -0.3 is 24.0 Å². The van der Waals surface area contributed by atoms with E-state index in [1.807, 2.05) is 52.0 Å². The molecule has 0 amide bonds. The van der Waals surface area contributed by atoms with Gasteiger partial charge in [-0.1, -0.05) is 12.1 Å². The Kier molecular flexibility index (Phi) is 3.93. The number of aromatic hydroxyl groups is 1. The number of aromatic nitrogens is 2. The molecule has 2 aromatic heterocycles. The standard InChI is InChI=1S/C20H20BN3O4/c1-19(2)20(3,4)28-21(27-19)12-5-7-13(8-6-12)24-10-9-15-16(24)17(25)14(11-22)18(26)23-15/h5-10H,1-4H3,(H2,23,25,26). The molecule has 4 rings (SSSR count). The third kappa shape index (κ3) is 2.63. The molecule has 3 aromatic rings. The second kappa shape index (κ2) is 5.99. The molecule has 7 nitrogen and oxygen atoms in total. The SMILES string of the molecule is CC1(C)OB(c2ccc(-n3ccc4[nH]c(=O)c(C#N)c(O)c43)cc2)OC1(C)C.